The van der Waals surface area contributed by atoms with Gasteiger partial charge in [-0.3, -0.25) is 24.5 Å². The van der Waals surface area contributed by atoms with Gasteiger partial charge in [0.15, 0.2) is 11.2 Å². The van der Waals surface area contributed by atoms with Crippen molar-refractivity contribution in [2.75, 3.05) is 25.1 Å². The Kier molecular flexibility index (Phi) is 7.22. The van der Waals surface area contributed by atoms with Crippen molar-refractivity contribution in [2.24, 2.45) is 0 Å². The standard InChI is InChI=1S/C28H28N6O7/c35-12-21-20(36)11-23(41-21)34-14-30-24-25(34)32-27(33-26(24)38)31-22(37)9-10-29-28(39)40-13-19-17-7-3-1-5-15(17)16-6-2-4-8-18(16)19/h1-8,14,19-21,23,35-36H,9-13H2,(H,29,39)(H2,31,32,33,37,38)/t20?,21-,23-/m1/s1. The summed E-state index contributed by atoms with van der Waals surface area (Å²) in [5.74, 6) is -0.673. The number of rotatable bonds is 8. The number of hydrogen-bond acceptors (Lipinski definition) is 9. The van der Waals surface area contributed by atoms with Crippen LogP contribution in [0.4, 0.5) is 10.7 Å². The molecule has 4 aromatic rings. The monoisotopic (exact) mass is 560 g/mol. The molecule has 1 aliphatic heterocycles. The maximum atomic E-state index is 12.5. The van der Waals surface area contributed by atoms with Crippen LogP contribution in [0.1, 0.15) is 36.1 Å². The maximum Gasteiger partial charge on any atom is 0.407 e. The van der Waals surface area contributed by atoms with Gasteiger partial charge in [0.1, 0.15) is 18.9 Å². The Balaban J connectivity index is 1.03. The average molecular weight is 561 g/mol. The minimum Gasteiger partial charge on any atom is -0.449 e. The van der Waals surface area contributed by atoms with Gasteiger partial charge in [0, 0.05) is 25.3 Å². The number of carbonyl (C=O) groups is 2. The van der Waals surface area contributed by atoms with Gasteiger partial charge in [-0.2, -0.15) is 4.98 Å². The van der Waals surface area contributed by atoms with Gasteiger partial charge in [0.2, 0.25) is 11.9 Å². The van der Waals surface area contributed by atoms with Crippen molar-refractivity contribution < 1.29 is 29.3 Å². The van der Waals surface area contributed by atoms with Crippen molar-refractivity contribution >= 4 is 29.1 Å². The Bertz CT molecular complexity index is 1620. The average Bonchev–Trinajstić information content (AvgIpc) is 3.65. The molecule has 0 saturated carbocycles. The number of amides is 2. The van der Waals surface area contributed by atoms with E-state index in [0.717, 1.165) is 22.3 Å². The number of aliphatic hydroxyl groups is 2. The number of imidazole rings is 1. The van der Waals surface area contributed by atoms with Crippen molar-refractivity contribution in [2.45, 2.75) is 37.2 Å². The summed E-state index contributed by atoms with van der Waals surface area (Å²) in [6.45, 7) is -0.196. The normalized spacial score (nSPS) is 19.6. The van der Waals surface area contributed by atoms with E-state index in [-0.39, 0.29) is 55.6 Å². The van der Waals surface area contributed by atoms with E-state index in [0.29, 0.717) is 0 Å². The number of ether oxygens (including phenoxy) is 2. The summed E-state index contributed by atoms with van der Waals surface area (Å²) in [5, 5.41) is 24.5. The third-order valence-corrected chi connectivity index (χ3v) is 7.35. The van der Waals surface area contributed by atoms with E-state index in [2.05, 4.69) is 37.7 Å². The predicted molar refractivity (Wildman–Crippen MR) is 146 cm³/mol. The van der Waals surface area contributed by atoms with Gasteiger partial charge in [0.05, 0.1) is 19.0 Å². The molecule has 0 bridgehead atoms. The van der Waals surface area contributed by atoms with Crippen molar-refractivity contribution in [3.63, 3.8) is 0 Å². The molecule has 1 aliphatic carbocycles. The Morgan fingerprint density at radius 1 is 1.12 bits per heavy atom. The van der Waals surface area contributed by atoms with Gasteiger partial charge in [0.25, 0.3) is 5.56 Å². The quantitative estimate of drug-likeness (QED) is 0.214. The number of nitrogens with one attached hydrogen (secondary N) is 3. The highest BCUT2D eigenvalue weighted by molar-refractivity contribution is 5.90. The topological polar surface area (TPSA) is 181 Å². The molecule has 1 unspecified atom stereocenters. The van der Waals surface area contributed by atoms with Crippen LogP contribution in [0.15, 0.2) is 59.7 Å². The number of fused-ring (bicyclic) bond motifs is 4. The summed E-state index contributed by atoms with van der Waals surface area (Å²) < 4.78 is 12.6. The number of alkyl carbamates (subject to hydrolysis) is 1. The zero-order valence-electron chi connectivity index (χ0n) is 21.8. The van der Waals surface area contributed by atoms with E-state index >= 15 is 0 Å². The molecular weight excluding hydrogens is 532 g/mol. The fraction of sp³-hybridized carbons (Fsp3) is 0.321. The molecule has 3 atom stereocenters. The van der Waals surface area contributed by atoms with Crippen LogP contribution < -0.4 is 16.2 Å². The lowest BCUT2D eigenvalue weighted by atomic mass is 9.98. The lowest BCUT2D eigenvalue weighted by molar-refractivity contribution is -0.116. The highest BCUT2D eigenvalue weighted by atomic mass is 16.6. The van der Waals surface area contributed by atoms with Crippen LogP contribution in [0.25, 0.3) is 22.3 Å². The molecule has 2 aliphatic rings. The molecule has 1 saturated heterocycles. The Morgan fingerprint density at radius 3 is 2.51 bits per heavy atom. The second-order valence-corrected chi connectivity index (χ2v) is 9.90. The number of nitrogens with zero attached hydrogens (tertiary/aromatic N) is 3. The van der Waals surface area contributed by atoms with E-state index in [1.165, 1.54) is 10.9 Å². The molecule has 13 heteroatoms. The van der Waals surface area contributed by atoms with Crippen molar-refractivity contribution in [1.82, 2.24) is 24.8 Å². The van der Waals surface area contributed by atoms with E-state index in [9.17, 15) is 24.6 Å². The fourth-order valence-corrected chi connectivity index (χ4v) is 5.37. The Labute approximate surface area is 233 Å². The van der Waals surface area contributed by atoms with Gasteiger partial charge < -0.3 is 25.0 Å². The Hall–Kier alpha value is -4.59. The lowest BCUT2D eigenvalue weighted by Gasteiger charge is -2.14. The number of anilines is 1. The van der Waals surface area contributed by atoms with Crippen molar-refractivity contribution in [3.8, 4) is 11.1 Å². The number of H-pyrrole nitrogens is 1. The number of carbonyl (C=O) groups excluding carboxylic acids is 2. The highest BCUT2D eigenvalue weighted by Gasteiger charge is 2.35. The molecule has 212 valence electrons. The first-order chi connectivity index (χ1) is 19.9. The van der Waals surface area contributed by atoms with Crippen LogP contribution in [0.5, 0.6) is 0 Å². The maximum absolute atomic E-state index is 12.5. The van der Waals surface area contributed by atoms with Gasteiger partial charge >= 0.3 is 6.09 Å². The highest BCUT2D eigenvalue weighted by Crippen LogP contribution is 2.44. The summed E-state index contributed by atoms with van der Waals surface area (Å²) in [6.07, 6.45) is -1.54. The minimum absolute atomic E-state index is 0.00324. The summed E-state index contributed by atoms with van der Waals surface area (Å²) >= 11 is 0. The molecule has 2 amide bonds. The van der Waals surface area contributed by atoms with Crippen LogP contribution in [-0.2, 0) is 14.3 Å². The molecule has 1 fully saturated rings. The van der Waals surface area contributed by atoms with Gasteiger partial charge in [-0.1, -0.05) is 48.5 Å². The smallest absolute Gasteiger partial charge is 0.407 e. The van der Waals surface area contributed by atoms with Crippen LogP contribution in [-0.4, -0.2) is 73.7 Å². The molecule has 3 heterocycles. The number of aromatic amines is 1. The van der Waals surface area contributed by atoms with Crippen molar-refractivity contribution in [1.29, 1.82) is 0 Å². The van der Waals surface area contributed by atoms with Crippen LogP contribution in [0.2, 0.25) is 0 Å². The Morgan fingerprint density at radius 2 is 1.83 bits per heavy atom. The zero-order chi connectivity index (χ0) is 28.5. The first-order valence-electron chi connectivity index (χ1n) is 13.2. The van der Waals surface area contributed by atoms with E-state index in [1.807, 2.05) is 36.4 Å². The molecule has 5 N–H and O–H groups in total. The second-order valence-electron chi connectivity index (χ2n) is 9.90. The van der Waals surface area contributed by atoms with E-state index in [4.69, 9.17) is 9.47 Å². The first-order valence-corrected chi connectivity index (χ1v) is 13.2. The molecule has 13 nitrogen and oxygen atoms in total. The molecule has 2 aromatic heterocycles. The van der Waals surface area contributed by atoms with Crippen molar-refractivity contribution in [3.05, 3.63) is 76.3 Å². The number of hydrogen-bond donors (Lipinski definition) is 5. The van der Waals surface area contributed by atoms with E-state index < -0.39 is 36.0 Å². The number of aromatic nitrogens is 4. The third kappa shape index (κ3) is 5.17. The number of benzene rings is 2. The van der Waals surface area contributed by atoms with Crippen LogP contribution in [0.3, 0.4) is 0 Å². The number of aliphatic hydroxyl groups excluding tert-OH is 2. The van der Waals surface area contributed by atoms with Gasteiger partial charge in [-0.15, -0.1) is 0 Å². The lowest BCUT2D eigenvalue weighted by Crippen LogP contribution is -2.29. The molecule has 0 radical (unpaired) electrons. The van der Waals surface area contributed by atoms with Gasteiger partial charge in [-0.25, -0.2) is 9.78 Å². The third-order valence-electron chi connectivity index (χ3n) is 7.35. The summed E-state index contributed by atoms with van der Waals surface area (Å²) in [7, 11) is 0. The SMILES string of the molecule is O=C(CCNC(=O)OCC1c2ccccc2-c2ccccc21)Nc1nc2c(ncn2[C@H]2CC(O)[C@@H](CO)O2)c(=O)[nH]1. The molecular formula is C28H28N6O7. The van der Waals surface area contributed by atoms with Crippen LogP contribution >= 0.6 is 0 Å². The minimum atomic E-state index is -0.882. The fourth-order valence-electron chi connectivity index (χ4n) is 5.37. The molecule has 41 heavy (non-hydrogen) atoms. The summed E-state index contributed by atoms with van der Waals surface area (Å²) in [5.41, 5.74) is 4.07. The summed E-state index contributed by atoms with van der Waals surface area (Å²) in [6, 6.07) is 16.1. The van der Waals surface area contributed by atoms with E-state index in [1.54, 1.807) is 0 Å². The first kappa shape index (κ1) is 26.6. The summed E-state index contributed by atoms with van der Waals surface area (Å²) in [4.78, 5) is 48.2. The van der Waals surface area contributed by atoms with Gasteiger partial charge in [-0.05, 0) is 22.3 Å². The predicted octanol–water partition coefficient (Wildman–Crippen LogP) is 1.63. The molecule has 2 aromatic carbocycles. The molecule has 6 rings (SSSR count). The van der Waals surface area contributed by atoms with Crippen LogP contribution in [0, 0.1) is 0 Å². The zero-order valence-corrected chi connectivity index (χ0v) is 21.8. The molecule has 0 spiro atoms. The second kappa shape index (κ2) is 11.1. The largest absolute Gasteiger partial charge is 0.449 e.